The maximum Gasteiger partial charge on any atom is 0.227 e. The molecule has 5 heterocycles. The van der Waals surface area contributed by atoms with E-state index in [1.165, 1.54) is 30.4 Å². The smallest absolute Gasteiger partial charge is 0.227 e. The molecule has 3 aliphatic heterocycles. The van der Waals surface area contributed by atoms with Crippen LogP contribution in [0.25, 0.3) is 5.57 Å². The van der Waals surface area contributed by atoms with Gasteiger partial charge in [-0.2, -0.15) is 4.98 Å². The van der Waals surface area contributed by atoms with Gasteiger partial charge in [-0.25, -0.2) is 15.0 Å². The molecule has 0 radical (unpaired) electrons. The lowest BCUT2D eigenvalue weighted by Gasteiger charge is -2.50. The Morgan fingerprint density at radius 3 is 2.57 bits per heavy atom. The van der Waals surface area contributed by atoms with Crippen LogP contribution in [-0.4, -0.2) is 66.8 Å². The molecule has 1 saturated heterocycles. The van der Waals surface area contributed by atoms with Crippen molar-refractivity contribution >= 4 is 28.1 Å². The van der Waals surface area contributed by atoms with Gasteiger partial charge >= 0.3 is 0 Å². The number of aliphatic hydroxyl groups excluding tert-OH is 1. The van der Waals surface area contributed by atoms with E-state index in [2.05, 4.69) is 25.8 Å². The Bertz CT molecular complexity index is 1210. The third-order valence-electron chi connectivity index (χ3n) is 8.85. The molecular formula is C26H32N6O2S. The molecule has 0 unspecified atom stereocenters. The Hall–Kier alpha value is -2.39. The molecule has 1 N–H and O–H groups in total. The summed E-state index contributed by atoms with van der Waals surface area (Å²) in [6, 6.07) is 0. The summed E-state index contributed by atoms with van der Waals surface area (Å²) in [7, 11) is -1.05. The van der Waals surface area contributed by atoms with Crippen LogP contribution < -0.4 is 9.80 Å². The summed E-state index contributed by atoms with van der Waals surface area (Å²) < 4.78 is 13.0. The molecule has 2 aromatic heterocycles. The Balaban J connectivity index is 1.18. The van der Waals surface area contributed by atoms with Gasteiger partial charge in [0.15, 0.2) is 11.6 Å². The monoisotopic (exact) mass is 492 g/mol. The van der Waals surface area contributed by atoms with E-state index in [1.54, 1.807) is 0 Å². The zero-order valence-corrected chi connectivity index (χ0v) is 20.8. The first kappa shape index (κ1) is 21.9. The van der Waals surface area contributed by atoms with Gasteiger partial charge in [0.05, 0.1) is 16.5 Å². The van der Waals surface area contributed by atoms with Crippen LogP contribution in [0.1, 0.15) is 67.9 Å². The minimum absolute atomic E-state index is 0.0279. The van der Waals surface area contributed by atoms with Crippen molar-refractivity contribution in [2.75, 3.05) is 41.8 Å². The number of hydrogen-bond donors (Lipinski definition) is 1. The molecule has 2 atom stereocenters. The maximum atomic E-state index is 13.0. The second-order valence-electron chi connectivity index (χ2n) is 10.7. The standard InChI is InChI=1S/C26H32N6O2S/c33-16-20-6-12-32(26(20)8-1-9-26)24-22-21(7-13-35(22)34)29-25(30-24)31-10-4-18(5-11-31)23-27-14-19(15-28-23)17-2-3-17/h4,14-15,17,20,33H,1-3,5-13,16H2/t20-,35-/m0/s1. The van der Waals surface area contributed by atoms with E-state index < -0.39 is 10.8 Å². The zero-order chi connectivity index (χ0) is 23.6. The molecule has 5 aliphatic rings. The molecule has 1 spiro atoms. The summed E-state index contributed by atoms with van der Waals surface area (Å²) in [5.74, 6) is 4.00. The first-order valence-corrected chi connectivity index (χ1v) is 14.4. The lowest BCUT2D eigenvalue weighted by molar-refractivity contribution is 0.114. The summed E-state index contributed by atoms with van der Waals surface area (Å²) >= 11 is 0. The minimum Gasteiger partial charge on any atom is -0.396 e. The van der Waals surface area contributed by atoms with Crippen molar-refractivity contribution in [3.63, 3.8) is 0 Å². The van der Waals surface area contributed by atoms with E-state index in [-0.39, 0.29) is 18.1 Å². The average molecular weight is 493 g/mol. The predicted molar refractivity (Wildman–Crippen MR) is 135 cm³/mol. The van der Waals surface area contributed by atoms with Crippen LogP contribution in [0.15, 0.2) is 23.4 Å². The molecule has 3 fully saturated rings. The highest BCUT2D eigenvalue weighted by molar-refractivity contribution is 7.85. The molecular weight excluding hydrogens is 460 g/mol. The molecule has 0 amide bonds. The van der Waals surface area contributed by atoms with Crippen molar-refractivity contribution in [2.45, 2.75) is 67.7 Å². The van der Waals surface area contributed by atoms with Crippen LogP contribution in [0, 0.1) is 5.92 Å². The Morgan fingerprint density at radius 1 is 1.09 bits per heavy atom. The Kier molecular flexibility index (Phi) is 5.21. The van der Waals surface area contributed by atoms with Crippen molar-refractivity contribution in [3.05, 3.63) is 35.6 Å². The fourth-order valence-electron chi connectivity index (χ4n) is 6.47. The number of fused-ring (bicyclic) bond motifs is 1. The van der Waals surface area contributed by atoms with Crippen LogP contribution in [0.3, 0.4) is 0 Å². The van der Waals surface area contributed by atoms with Crippen molar-refractivity contribution < 1.29 is 9.32 Å². The van der Waals surface area contributed by atoms with Crippen molar-refractivity contribution in [1.29, 1.82) is 0 Å². The molecule has 9 heteroatoms. The van der Waals surface area contributed by atoms with E-state index >= 15 is 0 Å². The van der Waals surface area contributed by atoms with Crippen molar-refractivity contribution in [3.8, 4) is 0 Å². The van der Waals surface area contributed by atoms with Crippen molar-refractivity contribution in [1.82, 2.24) is 19.9 Å². The van der Waals surface area contributed by atoms with E-state index in [1.807, 2.05) is 12.4 Å². The van der Waals surface area contributed by atoms with E-state index in [4.69, 9.17) is 9.97 Å². The maximum absolute atomic E-state index is 13.0. The van der Waals surface area contributed by atoms with Gasteiger partial charge in [0.2, 0.25) is 5.95 Å². The van der Waals surface area contributed by atoms with Crippen LogP contribution in [0.5, 0.6) is 0 Å². The van der Waals surface area contributed by atoms with Crippen LogP contribution in [0.2, 0.25) is 0 Å². The summed E-state index contributed by atoms with van der Waals surface area (Å²) in [5.41, 5.74) is 3.36. The third kappa shape index (κ3) is 3.53. The number of aryl methyl sites for hydroxylation is 1. The van der Waals surface area contributed by atoms with E-state index in [9.17, 15) is 9.32 Å². The second kappa shape index (κ2) is 8.34. The van der Waals surface area contributed by atoms with Gasteiger partial charge in [-0.05, 0) is 62.0 Å². The minimum atomic E-state index is -1.05. The first-order chi connectivity index (χ1) is 17.2. The highest BCUT2D eigenvalue weighted by Gasteiger charge is 2.53. The molecule has 2 saturated carbocycles. The highest BCUT2D eigenvalue weighted by atomic mass is 32.2. The molecule has 8 nitrogen and oxygen atoms in total. The highest BCUT2D eigenvalue weighted by Crippen LogP contribution is 2.52. The SMILES string of the molecule is O=[S@]1CCc2nc(N3CC=C(c4ncc(C5CC5)cn4)CC3)nc(N3CC[C@@H](CO)C34CCC4)c21. The quantitative estimate of drug-likeness (QED) is 0.681. The predicted octanol–water partition coefficient (Wildman–Crippen LogP) is 2.84. The number of aromatic nitrogens is 4. The summed E-state index contributed by atoms with van der Waals surface area (Å²) in [6.45, 7) is 2.60. The van der Waals surface area contributed by atoms with E-state index in [0.717, 1.165) is 79.9 Å². The molecule has 0 aromatic carbocycles. The van der Waals surface area contributed by atoms with Gasteiger partial charge in [-0.1, -0.05) is 6.08 Å². The van der Waals surface area contributed by atoms with Gasteiger partial charge in [0.25, 0.3) is 0 Å². The number of anilines is 2. The number of nitrogens with zero attached hydrogens (tertiary/aromatic N) is 6. The zero-order valence-electron chi connectivity index (χ0n) is 20.0. The largest absolute Gasteiger partial charge is 0.396 e. The number of rotatable bonds is 5. The lowest BCUT2D eigenvalue weighted by Crippen LogP contribution is -2.55. The van der Waals surface area contributed by atoms with Gasteiger partial charge in [0.1, 0.15) is 4.90 Å². The molecule has 2 aliphatic carbocycles. The Morgan fingerprint density at radius 2 is 1.91 bits per heavy atom. The average Bonchev–Trinajstić information content (AvgIpc) is 3.55. The van der Waals surface area contributed by atoms with Crippen LogP contribution in [-0.2, 0) is 17.2 Å². The molecule has 35 heavy (non-hydrogen) atoms. The molecule has 0 bridgehead atoms. The molecule has 2 aromatic rings. The van der Waals surface area contributed by atoms with Crippen LogP contribution in [0.4, 0.5) is 11.8 Å². The molecule has 184 valence electrons. The second-order valence-corrected chi connectivity index (χ2v) is 12.2. The normalized spacial score (nSPS) is 27.2. The van der Waals surface area contributed by atoms with Gasteiger partial charge in [-0.15, -0.1) is 0 Å². The number of aliphatic hydroxyl groups is 1. The molecule has 7 rings (SSSR count). The summed E-state index contributed by atoms with van der Waals surface area (Å²) in [5, 5.41) is 10.1. The number of hydrogen-bond acceptors (Lipinski definition) is 8. The van der Waals surface area contributed by atoms with E-state index in [0.29, 0.717) is 11.7 Å². The fourth-order valence-corrected chi connectivity index (χ4v) is 7.82. The van der Waals surface area contributed by atoms with Gasteiger partial charge in [0, 0.05) is 62.3 Å². The lowest BCUT2D eigenvalue weighted by atomic mass is 9.69. The van der Waals surface area contributed by atoms with Crippen LogP contribution >= 0.6 is 0 Å². The summed E-state index contributed by atoms with van der Waals surface area (Å²) in [4.78, 5) is 24.7. The third-order valence-corrected chi connectivity index (χ3v) is 10.3. The van der Waals surface area contributed by atoms with Gasteiger partial charge < -0.3 is 14.9 Å². The fraction of sp³-hybridized carbons (Fsp3) is 0.615. The Labute approximate surface area is 208 Å². The first-order valence-electron chi connectivity index (χ1n) is 13.1. The van der Waals surface area contributed by atoms with Gasteiger partial charge in [-0.3, -0.25) is 4.21 Å². The summed E-state index contributed by atoms with van der Waals surface area (Å²) in [6.07, 6.45) is 14.6. The van der Waals surface area contributed by atoms with Crippen molar-refractivity contribution in [2.24, 2.45) is 5.92 Å². The topological polar surface area (TPSA) is 95.3 Å².